The summed E-state index contributed by atoms with van der Waals surface area (Å²) in [5.74, 6) is 0.0168. The van der Waals surface area contributed by atoms with Gasteiger partial charge in [-0.3, -0.25) is 4.79 Å². The number of carbonyl (C=O) groups excluding carboxylic acids is 1. The van der Waals surface area contributed by atoms with Gasteiger partial charge in [-0.15, -0.1) is 0 Å². The highest BCUT2D eigenvalue weighted by atomic mass is 16.3. The molecule has 1 amide bonds. The van der Waals surface area contributed by atoms with Gasteiger partial charge in [-0.25, -0.2) is 0 Å². The van der Waals surface area contributed by atoms with Gasteiger partial charge in [0.05, 0.1) is 11.3 Å². The van der Waals surface area contributed by atoms with E-state index in [1.54, 1.807) is 18.2 Å². The molecule has 4 heteroatoms. The second-order valence-electron chi connectivity index (χ2n) is 4.58. The molecule has 0 saturated heterocycles. The Balaban J connectivity index is 2.79. The van der Waals surface area contributed by atoms with E-state index in [1.165, 1.54) is 0 Å². The SMILES string of the molecule is CCC(CC)C(C)NC(=O)c1cccc(N)c1O. The van der Waals surface area contributed by atoms with Crippen LogP contribution in [0.2, 0.25) is 0 Å². The Hall–Kier alpha value is -1.71. The van der Waals surface area contributed by atoms with Crippen LogP contribution >= 0.6 is 0 Å². The van der Waals surface area contributed by atoms with Crippen molar-refractivity contribution in [3.05, 3.63) is 23.8 Å². The molecule has 0 saturated carbocycles. The first kappa shape index (κ1) is 14.4. The lowest BCUT2D eigenvalue weighted by Gasteiger charge is -2.22. The van der Waals surface area contributed by atoms with Crippen molar-refractivity contribution >= 4 is 11.6 Å². The first-order valence-electron chi connectivity index (χ1n) is 6.39. The molecule has 0 heterocycles. The topological polar surface area (TPSA) is 75.4 Å². The second kappa shape index (κ2) is 6.28. The zero-order valence-corrected chi connectivity index (χ0v) is 11.2. The number of rotatable bonds is 5. The summed E-state index contributed by atoms with van der Waals surface area (Å²) >= 11 is 0. The lowest BCUT2D eigenvalue weighted by molar-refractivity contribution is 0.0922. The summed E-state index contributed by atoms with van der Waals surface area (Å²) in [5, 5.41) is 12.7. The highest BCUT2D eigenvalue weighted by Gasteiger charge is 2.19. The minimum atomic E-state index is -0.279. The minimum Gasteiger partial charge on any atom is -0.505 e. The fourth-order valence-corrected chi connectivity index (χ4v) is 2.14. The molecule has 0 aliphatic rings. The second-order valence-corrected chi connectivity index (χ2v) is 4.58. The fourth-order valence-electron chi connectivity index (χ4n) is 2.14. The molecule has 4 N–H and O–H groups in total. The van der Waals surface area contributed by atoms with Crippen LogP contribution < -0.4 is 11.1 Å². The number of benzene rings is 1. The molecular weight excluding hydrogens is 228 g/mol. The Morgan fingerprint density at radius 2 is 2.00 bits per heavy atom. The summed E-state index contributed by atoms with van der Waals surface area (Å²) in [5.41, 5.74) is 6.02. The monoisotopic (exact) mass is 250 g/mol. The fraction of sp³-hybridized carbons (Fsp3) is 0.500. The number of nitrogens with two attached hydrogens (primary N) is 1. The highest BCUT2D eigenvalue weighted by molar-refractivity contribution is 5.98. The first-order valence-corrected chi connectivity index (χ1v) is 6.39. The van der Waals surface area contributed by atoms with E-state index < -0.39 is 0 Å². The predicted octanol–water partition coefficient (Wildman–Crippen LogP) is 2.53. The van der Waals surface area contributed by atoms with E-state index in [1.807, 2.05) is 6.92 Å². The first-order chi connectivity index (χ1) is 8.51. The number of para-hydroxylation sites is 1. The van der Waals surface area contributed by atoms with Crippen LogP contribution in [0.15, 0.2) is 18.2 Å². The number of phenols is 1. The lowest BCUT2D eigenvalue weighted by atomic mass is 9.95. The maximum absolute atomic E-state index is 12.0. The van der Waals surface area contributed by atoms with Crippen LogP contribution in [-0.4, -0.2) is 17.1 Å². The third-order valence-corrected chi connectivity index (χ3v) is 3.43. The van der Waals surface area contributed by atoms with Gasteiger partial charge in [0.2, 0.25) is 0 Å². The van der Waals surface area contributed by atoms with Crippen molar-refractivity contribution in [1.29, 1.82) is 0 Å². The number of hydrogen-bond donors (Lipinski definition) is 3. The molecule has 1 unspecified atom stereocenters. The molecule has 0 spiro atoms. The minimum absolute atomic E-state index is 0.0772. The standard InChI is InChI=1S/C14H22N2O2/c1-4-10(5-2)9(3)16-14(18)11-7-6-8-12(15)13(11)17/h6-10,17H,4-5,15H2,1-3H3,(H,16,18). The predicted molar refractivity (Wildman–Crippen MR) is 73.5 cm³/mol. The van der Waals surface area contributed by atoms with Gasteiger partial charge in [-0.05, 0) is 25.0 Å². The number of aromatic hydroxyl groups is 1. The van der Waals surface area contributed by atoms with Crippen LogP contribution in [-0.2, 0) is 0 Å². The molecule has 0 radical (unpaired) electrons. The van der Waals surface area contributed by atoms with Crippen LogP contribution in [0.3, 0.4) is 0 Å². The van der Waals surface area contributed by atoms with Crippen molar-refractivity contribution < 1.29 is 9.90 Å². The third-order valence-electron chi connectivity index (χ3n) is 3.43. The summed E-state index contributed by atoms with van der Waals surface area (Å²) in [6.07, 6.45) is 2.03. The molecule has 0 aliphatic carbocycles. The molecule has 0 aromatic heterocycles. The summed E-state index contributed by atoms with van der Waals surface area (Å²) in [6, 6.07) is 4.87. The molecule has 1 aromatic carbocycles. The Bertz CT molecular complexity index is 414. The molecule has 0 aliphatic heterocycles. The van der Waals surface area contributed by atoms with Crippen LogP contribution in [0, 0.1) is 5.92 Å². The summed E-state index contributed by atoms with van der Waals surface area (Å²) in [4.78, 5) is 12.0. The van der Waals surface area contributed by atoms with Crippen molar-refractivity contribution in [3.63, 3.8) is 0 Å². The molecule has 100 valence electrons. The Labute approximate surface area is 108 Å². The smallest absolute Gasteiger partial charge is 0.255 e. The average Bonchev–Trinajstić information content (AvgIpc) is 2.34. The highest BCUT2D eigenvalue weighted by Crippen LogP contribution is 2.24. The van der Waals surface area contributed by atoms with Crippen molar-refractivity contribution in [2.45, 2.75) is 39.7 Å². The van der Waals surface area contributed by atoms with Crippen molar-refractivity contribution in [1.82, 2.24) is 5.32 Å². The number of hydrogen-bond acceptors (Lipinski definition) is 3. The van der Waals surface area contributed by atoms with Gasteiger partial charge < -0.3 is 16.2 Å². The van der Waals surface area contributed by atoms with E-state index in [4.69, 9.17) is 5.73 Å². The van der Waals surface area contributed by atoms with Crippen LogP contribution in [0.4, 0.5) is 5.69 Å². The number of anilines is 1. The molecule has 0 fully saturated rings. The number of nitrogens with one attached hydrogen (secondary N) is 1. The molecule has 1 atom stereocenters. The van der Waals surface area contributed by atoms with Crippen molar-refractivity contribution in [2.75, 3.05) is 5.73 Å². The van der Waals surface area contributed by atoms with Gasteiger partial charge in [0.25, 0.3) is 5.91 Å². The average molecular weight is 250 g/mol. The van der Waals surface area contributed by atoms with Gasteiger partial charge in [0.1, 0.15) is 0 Å². The zero-order chi connectivity index (χ0) is 13.7. The normalized spacial score (nSPS) is 12.4. The van der Waals surface area contributed by atoms with Gasteiger partial charge in [-0.1, -0.05) is 32.8 Å². The van der Waals surface area contributed by atoms with Crippen LogP contribution in [0.25, 0.3) is 0 Å². The van der Waals surface area contributed by atoms with Gasteiger partial charge >= 0.3 is 0 Å². The quantitative estimate of drug-likeness (QED) is 0.555. The molecule has 18 heavy (non-hydrogen) atoms. The molecule has 1 rings (SSSR count). The maximum Gasteiger partial charge on any atom is 0.255 e. The largest absolute Gasteiger partial charge is 0.505 e. The van der Waals surface area contributed by atoms with E-state index in [0.717, 1.165) is 12.8 Å². The number of amides is 1. The van der Waals surface area contributed by atoms with Crippen molar-refractivity contribution in [2.24, 2.45) is 5.92 Å². The summed E-state index contributed by atoms with van der Waals surface area (Å²) < 4.78 is 0. The number of phenolic OH excluding ortho intramolecular Hbond substituents is 1. The van der Waals surface area contributed by atoms with Crippen LogP contribution in [0.1, 0.15) is 44.0 Å². The number of nitrogen functional groups attached to an aromatic ring is 1. The molecular formula is C14H22N2O2. The summed E-state index contributed by atoms with van der Waals surface area (Å²) in [7, 11) is 0. The van der Waals surface area contributed by atoms with Gasteiger partial charge in [0.15, 0.2) is 5.75 Å². The van der Waals surface area contributed by atoms with E-state index in [0.29, 0.717) is 5.92 Å². The van der Waals surface area contributed by atoms with E-state index in [9.17, 15) is 9.90 Å². The Kier molecular flexibility index (Phi) is 5.01. The Morgan fingerprint density at radius 3 is 2.56 bits per heavy atom. The van der Waals surface area contributed by atoms with E-state index >= 15 is 0 Å². The van der Waals surface area contributed by atoms with E-state index in [2.05, 4.69) is 19.2 Å². The molecule has 4 nitrogen and oxygen atoms in total. The van der Waals surface area contributed by atoms with E-state index in [-0.39, 0.29) is 28.9 Å². The molecule has 1 aromatic rings. The lowest BCUT2D eigenvalue weighted by Crippen LogP contribution is -2.37. The zero-order valence-electron chi connectivity index (χ0n) is 11.2. The van der Waals surface area contributed by atoms with Crippen molar-refractivity contribution in [3.8, 4) is 5.75 Å². The van der Waals surface area contributed by atoms with Crippen LogP contribution in [0.5, 0.6) is 5.75 Å². The summed E-state index contributed by atoms with van der Waals surface area (Å²) in [6.45, 7) is 6.20. The molecule has 0 bridgehead atoms. The number of carbonyl (C=O) groups is 1. The van der Waals surface area contributed by atoms with Gasteiger partial charge in [0, 0.05) is 6.04 Å². The Morgan fingerprint density at radius 1 is 1.39 bits per heavy atom. The maximum atomic E-state index is 12.0. The van der Waals surface area contributed by atoms with Gasteiger partial charge in [-0.2, -0.15) is 0 Å². The third kappa shape index (κ3) is 3.15.